The third kappa shape index (κ3) is 4.60. The largest absolute Gasteiger partial charge is 0.480 e. The first-order valence-corrected chi connectivity index (χ1v) is 7.12. The highest BCUT2D eigenvalue weighted by atomic mass is 32.2. The van der Waals surface area contributed by atoms with Crippen molar-refractivity contribution in [3.63, 3.8) is 0 Å². The molecule has 0 aliphatic carbocycles. The van der Waals surface area contributed by atoms with Gasteiger partial charge in [-0.3, -0.25) is 4.79 Å². The van der Waals surface area contributed by atoms with Crippen molar-refractivity contribution in [2.45, 2.75) is 23.9 Å². The molecule has 1 unspecified atom stereocenters. The number of sulfonamides is 1. The number of aliphatic carboxylic acids is 1. The van der Waals surface area contributed by atoms with Crippen LogP contribution in [0.1, 0.15) is 12.0 Å². The topological polar surface area (TPSA) is 136 Å². The van der Waals surface area contributed by atoms with Gasteiger partial charge in [-0.1, -0.05) is 12.1 Å². The van der Waals surface area contributed by atoms with Crippen molar-refractivity contribution in [1.29, 1.82) is 0 Å². The zero-order chi connectivity index (χ0) is 14.5. The van der Waals surface area contributed by atoms with Gasteiger partial charge < -0.3 is 16.6 Å². The highest BCUT2D eigenvalue weighted by Crippen LogP contribution is 2.10. The van der Waals surface area contributed by atoms with Crippen molar-refractivity contribution in [2.24, 2.45) is 11.5 Å². The molecule has 0 fully saturated rings. The smallest absolute Gasteiger partial charge is 0.320 e. The summed E-state index contributed by atoms with van der Waals surface area (Å²) in [6, 6.07) is 5.06. The van der Waals surface area contributed by atoms with Crippen LogP contribution in [0.2, 0.25) is 0 Å². The van der Waals surface area contributed by atoms with Crippen molar-refractivity contribution < 1.29 is 18.3 Å². The van der Waals surface area contributed by atoms with E-state index in [4.69, 9.17) is 16.6 Å². The fourth-order valence-electron chi connectivity index (χ4n) is 1.36. The van der Waals surface area contributed by atoms with Crippen molar-refractivity contribution in [3.8, 4) is 0 Å². The Hall–Kier alpha value is -1.48. The first-order valence-electron chi connectivity index (χ1n) is 5.64. The van der Waals surface area contributed by atoms with E-state index in [1.807, 2.05) is 0 Å². The van der Waals surface area contributed by atoms with Gasteiger partial charge in [0.25, 0.3) is 0 Å². The lowest BCUT2D eigenvalue weighted by Crippen LogP contribution is -2.35. The number of carboxylic acids is 1. The van der Waals surface area contributed by atoms with Crippen LogP contribution < -0.4 is 16.2 Å². The summed E-state index contributed by atoms with van der Waals surface area (Å²) in [6.45, 7) is 0.301. The summed E-state index contributed by atoms with van der Waals surface area (Å²) >= 11 is 0. The van der Waals surface area contributed by atoms with Crippen LogP contribution in [0.15, 0.2) is 29.2 Å². The third-order valence-corrected chi connectivity index (χ3v) is 4.01. The molecular weight excluding hydrogens is 270 g/mol. The van der Waals surface area contributed by atoms with E-state index >= 15 is 0 Å². The van der Waals surface area contributed by atoms with Crippen LogP contribution in [-0.4, -0.2) is 32.1 Å². The van der Waals surface area contributed by atoms with Crippen molar-refractivity contribution in [3.05, 3.63) is 29.8 Å². The fraction of sp³-hybridized carbons (Fsp3) is 0.364. The number of nitrogens with two attached hydrogens (primary N) is 2. The van der Waals surface area contributed by atoms with Crippen LogP contribution in [-0.2, 0) is 21.4 Å². The predicted molar refractivity (Wildman–Crippen MR) is 69.8 cm³/mol. The lowest BCUT2D eigenvalue weighted by molar-refractivity contribution is -0.138. The van der Waals surface area contributed by atoms with Gasteiger partial charge in [0.2, 0.25) is 10.0 Å². The monoisotopic (exact) mass is 287 g/mol. The minimum atomic E-state index is -3.65. The standard InChI is InChI=1S/C11H17N3O4S/c12-7-8-1-3-9(4-2-8)19(17,18)14-6-5-10(13)11(15)16/h1-4,10,14H,5-7,12-13H2,(H,15,16). The molecule has 0 amide bonds. The second-order valence-electron chi connectivity index (χ2n) is 3.98. The molecule has 0 spiro atoms. The molecule has 0 saturated heterocycles. The van der Waals surface area contributed by atoms with Gasteiger partial charge in [0.15, 0.2) is 0 Å². The summed E-state index contributed by atoms with van der Waals surface area (Å²) in [5.41, 5.74) is 11.5. The van der Waals surface area contributed by atoms with Crippen LogP contribution in [0, 0.1) is 0 Å². The Morgan fingerprint density at radius 2 is 1.89 bits per heavy atom. The van der Waals surface area contributed by atoms with E-state index < -0.39 is 22.0 Å². The zero-order valence-corrected chi connectivity index (χ0v) is 11.1. The van der Waals surface area contributed by atoms with Crippen molar-refractivity contribution >= 4 is 16.0 Å². The molecule has 1 aromatic carbocycles. The summed E-state index contributed by atoms with van der Waals surface area (Å²) < 4.78 is 26.0. The lowest BCUT2D eigenvalue weighted by Gasteiger charge is -2.09. The molecule has 0 radical (unpaired) electrons. The average Bonchev–Trinajstić information content (AvgIpc) is 2.38. The number of benzene rings is 1. The molecule has 0 aromatic heterocycles. The molecule has 1 atom stereocenters. The van der Waals surface area contributed by atoms with Gasteiger partial charge >= 0.3 is 5.97 Å². The molecule has 0 aliphatic heterocycles. The highest BCUT2D eigenvalue weighted by Gasteiger charge is 2.16. The van der Waals surface area contributed by atoms with Crippen LogP contribution in [0.4, 0.5) is 0 Å². The minimum absolute atomic E-state index is 0.0233. The quantitative estimate of drug-likeness (QED) is 0.520. The molecule has 8 heteroatoms. The van der Waals surface area contributed by atoms with Crippen molar-refractivity contribution in [1.82, 2.24) is 4.72 Å². The zero-order valence-electron chi connectivity index (χ0n) is 10.2. The van der Waals surface area contributed by atoms with E-state index in [9.17, 15) is 13.2 Å². The molecule has 106 valence electrons. The van der Waals surface area contributed by atoms with E-state index in [1.54, 1.807) is 12.1 Å². The molecule has 6 N–H and O–H groups in total. The highest BCUT2D eigenvalue weighted by molar-refractivity contribution is 7.89. The maximum absolute atomic E-state index is 11.9. The predicted octanol–water partition coefficient (Wildman–Crippen LogP) is -0.774. The molecule has 0 bridgehead atoms. The lowest BCUT2D eigenvalue weighted by atomic mass is 10.2. The first kappa shape index (κ1) is 15.6. The number of nitrogens with one attached hydrogen (secondary N) is 1. The van der Waals surface area contributed by atoms with E-state index in [0.29, 0.717) is 6.54 Å². The summed E-state index contributed by atoms with van der Waals surface area (Å²) in [7, 11) is -3.65. The Labute approximate surface area is 111 Å². The van der Waals surface area contributed by atoms with Gasteiger partial charge in [-0.2, -0.15) is 0 Å². The summed E-state index contributed by atoms with van der Waals surface area (Å²) in [4.78, 5) is 10.6. The number of hydrogen-bond acceptors (Lipinski definition) is 5. The van der Waals surface area contributed by atoms with Gasteiger partial charge in [-0.05, 0) is 24.1 Å². The molecule has 0 aliphatic rings. The first-order chi connectivity index (χ1) is 8.86. The van der Waals surface area contributed by atoms with Crippen LogP contribution >= 0.6 is 0 Å². The Balaban J connectivity index is 2.62. The van der Waals surface area contributed by atoms with Crippen LogP contribution in [0.5, 0.6) is 0 Å². The number of carbonyl (C=O) groups is 1. The second kappa shape index (κ2) is 6.62. The SMILES string of the molecule is NCc1ccc(S(=O)(=O)NCCC(N)C(=O)O)cc1. The maximum atomic E-state index is 11.9. The second-order valence-corrected chi connectivity index (χ2v) is 5.75. The molecule has 19 heavy (non-hydrogen) atoms. The number of carboxylic acid groups (broad SMARTS) is 1. The fourth-order valence-corrected chi connectivity index (χ4v) is 2.41. The van der Waals surface area contributed by atoms with Crippen molar-refractivity contribution in [2.75, 3.05) is 6.54 Å². The molecule has 0 heterocycles. The normalized spacial score (nSPS) is 13.2. The third-order valence-electron chi connectivity index (χ3n) is 2.53. The number of rotatable bonds is 7. The van der Waals surface area contributed by atoms with Crippen LogP contribution in [0.25, 0.3) is 0 Å². The van der Waals surface area contributed by atoms with Gasteiger partial charge in [0, 0.05) is 13.1 Å². The van der Waals surface area contributed by atoms with E-state index in [0.717, 1.165) is 5.56 Å². The molecular formula is C11H17N3O4S. The molecule has 7 nitrogen and oxygen atoms in total. The summed E-state index contributed by atoms with van der Waals surface area (Å²) in [5.74, 6) is -1.16. The number of hydrogen-bond donors (Lipinski definition) is 4. The maximum Gasteiger partial charge on any atom is 0.320 e. The van der Waals surface area contributed by atoms with E-state index in [1.165, 1.54) is 12.1 Å². The summed E-state index contributed by atoms with van der Waals surface area (Å²) in [6.07, 6.45) is 0.0233. The minimum Gasteiger partial charge on any atom is -0.480 e. The van der Waals surface area contributed by atoms with Gasteiger partial charge in [-0.25, -0.2) is 13.1 Å². The van der Waals surface area contributed by atoms with Gasteiger partial charge in [0.05, 0.1) is 4.90 Å². The Bertz CT molecular complexity index is 527. The van der Waals surface area contributed by atoms with Crippen LogP contribution in [0.3, 0.4) is 0 Å². The molecule has 1 aromatic rings. The average molecular weight is 287 g/mol. The van der Waals surface area contributed by atoms with Gasteiger partial charge in [0.1, 0.15) is 6.04 Å². The Morgan fingerprint density at radius 1 is 1.32 bits per heavy atom. The van der Waals surface area contributed by atoms with E-state index in [-0.39, 0.29) is 17.9 Å². The van der Waals surface area contributed by atoms with E-state index in [2.05, 4.69) is 4.72 Å². The summed E-state index contributed by atoms with van der Waals surface area (Å²) in [5, 5.41) is 8.57. The Kier molecular flexibility index (Phi) is 5.43. The Morgan fingerprint density at radius 3 is 2.37 bits per heavy atom. The van der Waals surface area contributed by atoms with Gasteiger partial charge in [-0.15, -0.1) is 0 Å². The molecule has 0 saturated carbocycles. The molecule has 1 rings (SSSR count).